The maximum atomic E-state index is 13.2. The summed E-state index contributed by atoms with van der Waals surface area (Å²) in [6, 6.07) is 20.8. The van der Waals surface area contributed by atoms with Gasteiger partial charge in [-0.2, -0.15) is 4.31 Å². The van der Waals surface area contributed by atoms with Crippen LogP contribution in [0.25, 0.3) is 10.8 Å². The van der Waals surface area contributed by atoms with Crippen molar-refractivity contribution < 1.29 is 17.9 Å². The third-order valence-electron chi connectivity index (χ3n) is 6.58. The molecule has 1 amide bonds. The van der Waals surface area contributed by atoms with E-state index in [-0.39, 0.29) is 12.5 Å². The van der Waals surface area contributed by atoms with Gasteiger partial charge >= 0.3 is 0 Å². The molecule has 0 aromatic heterocycles. The Balaban J connectivity index is 1.13. The Morgan fingerprint density at radius 2 is 1.51 bits per heavy atom. The number of nitrogens with zero attached hydrogens (tertiary/aromatic N) is 3. The van der Waals surface area contributed by atoms with Gasteiger partial charge in [-0.1, -0.05) is 30.3 Å². The highest BCUT2D eigenvalue weighted by Gasteiger charge is 2.29. The van der Waals surface area contributed by atoms with Crippen LogP contribution in [-0.4, -0.2) is 82.6 Å². The van der Waals surface area contributed by atoms with Crippen molar-refractivity contribution in [2.75, 3.05) is 69.2 Å². The number of sulfonamides is 1. The Labute approximate surface area is 206 Å². The monoisotopic (exact) mass is 494 g/mol. The van der Waals surface area contributed by atoms with Gasteiger partial charge < -0.3 is 15.0 Å². The number of hydrogen-bond donors (Lipinski definition) is 1. The van der Waals surface area contributed by atoms with Gasteiger partial charge in [0.2, 0.25) is 15.9 Å². The quantitative estimate of drug-likeness (QED) is 0.567. The van der Waals surface area contributed by atoms with E-state index in [0.29, 0.717) is 31.1 Å². The van der Waals surface area contributed by atoms with Crippen molar-refractivity contribution in [3.05, 3.63) is 66.7 Å². The van der Waals surface area contributed by atoms with Crippen LogP contribution in [-0.2, 0) is 19.6 Å². The summed E-state index contributed by atoms with van der Waals surface area (Å²) in [6.45, 7) is 5.17. The molecule has 184 valence electrons. The van der Waals surface area contributed by atoms with Crippen molar-refractivity contribution in [2.24, 2.45) is 0 Å². The number of amides is 1. The van der Waals surface area contributed by atoms with Crippen molar-refractivity contribution in [1.82, 2.24) is 9.21 Å². The van der Waals surface area contributed by atoms with E-state index in [1.165, 1.54) is 4.31 Å². The summed E-state index contributed by atoms with van der Waals surface area (Å²) in [5.74, 6) is -0.102. The van der Waals surface area contributed by atoms with Crippen LogP contribution in [0.15, 0.2) is 71.6 Å². The number of anilines is 2. The molecular formula is C26H30N4O4S. The molecule has 1 N–H and O–H groups in total. The zero-order valence-electron chi connectivity index (χ0n) is 19.6. The van der Waals surface area contributed by atoms with Gasteiger partial charge in [-0.05, 0) is 47.2 Å². The summed E-state index contributed by atoms with van der Waals surface area (Å²) in [6.07, 6.45) is 0. The van der Waals surface area contributed by atoms with Crippen LogP contribution in [0.3, 0.4) is 0 Å². The molecule has 2 fully saturated rings. The molecule has 2 saturated heterocycles. The Kier molecular flexibility index (Phi) is 7.01. The first kappa shape index (κ1) is 23.7. The predicted molar refractivity (Wildman–Crippen MR) is 137 cm³/mol. The van der Waals surface area contributed by atoms with E-state index in [4.69, 9.17) is 4.74 Å². The van der Waals surface area contributed by atoms with E-state index < -0.39 is 10.0 Å². The molecule has 0 atom stereocenters. The van der Waals surface area contributed by atoms with Crippen molar-refractivity contribution in [3.8, 4) is 0 Å². The lowest BCUT2D eigenvalue weighted by molar-refractivity contribution is -0.117. The minimum atomic E-state index is -3.57. The number of nitrogens with one attached hydrogen (secondary N) is 1. The number of hydrogen-bond acceptors (Lipinski definition) is 6. The smallest absolute Gasteiger partial charge is 0.243 e. The van der Waals surface area contributed by atoms with Gasteiger partial charge in [-0.15, -0.1) is 0 Å². The zero-order valence-corrected chi connectivity index (χ0v) is 20.4. The topological polar surface area (TPSA) is 82.2 Å². The number of piperazine rings is 1. The first-order valence-electron chi connectivity index (χ1n) is 11.9. The van der Waals surface area contributed by atoms with Crippen LogP contribution in [0.2, 0.25) is 0 Å². The minimum absolute atomic E-state index is 0.102. The van der Waals surface area contributed by atoms with Crippen molar-refractivity contribution in [2.45, 2.75) is 4.90 Å². The Hall–Kier alpha value is -2.98. The van der Waals surface area contributed by atoms with Crippen LogP contribution >= 0.6 is 0 Å². The Morgan fingerprint density at radius 1 is 0.829 bits per heavy atom. The molecule has 3 aromatic rings. The first-order chi connectivity index (χ1) is 17.0. The fraction of sp³-hybridized carbons (Fsp3) is 0.346. The highest BCUT2D eigenvalue weighted by molar-refractivity contribution is 7.89. The molecule has 2 aliphatic heterocycles. The minimum Gasteiger partial charge on any atom is -0.378 e. The second kappa shape index (κ2) is 10.3. The summed E-state index contributed by atoms with van der Waals surface area (Å²) >= 11 is 0. The van der Waals surface area contributed by atoms with E-state index in [2.05, 4.69) is 10.2 Å². The van der Waals surface area contributed by atoms with Gasteiger partial charge in [0.1, 0.15) is 0 Å². The molecule has 8 nitrogen and oxygen atoms in total. The number of ether oxygens (including phenoxy) is 1. The molecule has 2 heterocycles. The molecule has 0 aliphatic carbocycles. The van der Waals surface area contributed by atoms with Crippen LogP contribution in [0.5, 0.6) is 0 Å². The van der Waals surface area contributed by atoms with Crippen molar-refractivity contribution >= 4 is 38.1 Å². The Morgan fingerprint density at radius 3 is 2.23 bits per heavy atom. The number of fused-ring (bicyclic) bond motifs is 1. The number of carbonyl (C=O) groups excluding carboxylic acids is 1. The average Bonchev–Trinajstić information content (AvgIpc) is 2.89. The second-order valence-corrected chi connectivity index (χ2v) is 10.8. The predicted octanol–water partition coefficient (Wildman–Crippen LogP) is 2.62. The summed E-state index contributed by atoms with van der Waals surface area (Å²) in [7, 11) is -3.57. The largest absolute Gasteiger partial charge is 0.378 e. The molecule has 35 heavy (non-hydrogen) atoms. The zero-order chi connectivity index (χ0) is 24.3. The van der Waals surface area contributed by atoms with Crippen LogP contribution in [0, 0.1) is 0 Å². The lowest BCUT2D eigenvalue weighted by Gasteiger charge is -2.33. The van der Waals surface area contributed by atoms with Gasteiger partial charge in [0.15, 0.2) is 0 Å². The Bertz CT molecular complexity index is 1280. The van der Waals surface area contributed by atoms with E-state index in [0.717, 1.165) is 48.5 Å². The number of morpholine rings is 1. The normalized spacial score (nSPS) is 18.0. The van der Waals surface area contributed by atoms with Gasteiger partial charge in [-0.25, -0.2) is 8.42 Å². The second-order valence-electron chi connectivity index (χ2n) is 8.88. The lowest BCUT2D eigenvalue weighted by atomic mass is 10.1. The fourth-order valence-corrected chi connectivity index (χ4v) is 6.04. The molecule has 5 rings (SSSR count). The third kappa shape index (κ3) is 5.48. The molecule has 0 radical (unpaired) electrons. The molecule has 9 heteroatoms. The standard InChI is InChI=1S/C26H30N4O4S/c31-26(27-23-6-8-24(9-7-23)29-15-17-34-18-16-29)20-28-11-13-30(14-12-28)35(32,33)25-10-5-21-3-1-2-4-22(21)19-25/h1-10,19H,11-18,20H2,(H,27,31). The molecule has 2 aliphatic rings. The van der Waals surface area contributed by atoms with E-state index in [1.54, 1.807) is 12.1 Å². The first-order valence-corrected chi connectivity index (χ1v) is 13.4. The molecular weight excluding hydrogens is 464 g/mol. The van der Waals surface area contributed by atoms with Gasteiger partial charge in [0.05, 0.1) is 24.7 Å². The third-order valence-corrected chi connectivity index (χ3v) is 8.48. The maximum Gasteiger partial charge on any atom is 0.243 e. The highest BCUT2D eigenvalue weighted by Crippen LogP contribution is 2.23. The highest BCUT2D eigenvalue weighted by atomic mass is 32.2. The summed E-state index contributed by atoms with van der Waals surface area (Å²) < 4.78 is 33.2. The van der Waals surface area contributed by atoms with Gasteiger partial charge in [0.25, 0.3) is 0 Å². The molecule has 0 unspecified atom stereocenters. The average molecular weight is 495 g/mol. The van der Waals surface area contributed by atoms with Crippen LogP contribution < -0.4 is 10.2 Å². The summed E-state index contributed by atoms with van der Waals surface area (Å²) in [4.78, 5) is 17.1. The lowest BCUT2D eigenvalue weighted by Crippen LogP contribution is -2.50. The van der Waals surface area contributed by atoms with E-state index in [9.17, 15) is 13.2 Å². The fourth-order valence-electron chi connectivity index (χ4n) is 4.59. The van der Waals surface area contributed by atoms with Crippen molar-refractivity contribution in [3.63, 3.8) is 0 Å². The number of rotatable bonds is 6. The summed E-state index contributed by atoms with van der Waals surface area (Å²) in [5, 5.41) is 4.86. The van der Waals surface area contributed by atoms with Crippen LogP contribution in [0.1, 0.15) is 0 Å². The van der Waals surface area contributed by atoms with Crippen molar-refractivity contribution in [1.29, 1.82) is 0 Å². The SMILES string of the molecule is O=C(CN1CCN(S(=O)(=O)c2ccc3ccccc3c2)CC1)Nc1ccc(N2CCOCC2)cc1. The van der Waals surface area contributed by atoms with E-state index >= 15 is 0 Å². The molecule has 0 bridgehead atoms. The maximum absolute atomic E-state index is 13.2. The van der Waals surface area contributed by atoms with Gasteiger partial charge in [0, 0.05) is 50.6 Å². The summed E-state index contributed by atoms with van der Waals surface area (Å²) in [5.41, 5.74) is 1.87. The van der Waals surface area contributed by atoms with E-state index in [1.807, 2.05) is 59.5 Å². The molecule has 0 saturated carbocycles. The number of benzene rings is 3. The molecule has 3 aromatic carbocycles. The van der Waals surface area contributed by atoms with Crippen LogP contribution in [0.4, 0.5) is 11.4 Å². The molecule has 0 spiro atoms. The number of carbonyl (C=O) groups is 1. The van der Waals surface area contributed by atoms with Gasteiger partial charge in [-0.3, -0.25) is 9.69 Å².